The zero-order valence-corrected chi connectivity index (χ0v) is 15.5. The molecule has 1 aliphatic carbocycles. The molecule has 1 aliphatic heterocycles. The molecule has 0 radical (unpaired) electrons. The maximum atomic E-state index is 5.35. The summed E-state index contributed by atoms with van der Waals surface area (Å²) < 4.78 is 5.35. The molecule has 1 N–H and O–H groups in total. The minimum Gasteiger partial charge on any atom is -0.341 e. The highest BCUT2D eigenvalue weighted by molar-refractivity contribution is 5.29. The maximum absolute atomic E-state index is 5.35. The molecule has 0 spiro atoms. The highest BCUT2D eigenvalue weighted by atomic mass is 16.5. The van der Waals surface area contributed by atoms with Gasteiger partial charge in [0.25, 0.3) is 0 Å². The van der Waals surface area contributed by atoms with Gasteiger partial charge in [0.2, 0.25) is 11.8 Å². The number of nitrogens with zero attached hydrogens (tertiary/aromatic N) is 5. The first-order chi connectivity index (χ1) is 12.8. The number of hydrogen-bond donors (Lipinski definition) is 1. The highest BCUT2D eigenvalue weighted by Gasteiger charge is 2.27. The van der Waals surface area contributed by atoms with Gasteiger partial charge in [0.1, 0.15) is 0 Å². The summed E-state index contributed by atoms with van der Waals surface area (Å²) in [6.45, 7) is 5.08. The van der Waals surface area contributed by atoms with E-state index in [1.165, 1.54) is 25.7 Å². The molecule has 1 atom stereocenters. The van der Waals surface area contributed by atoms with Gasteiger partial charge in [-0.05, 0) is 64.0 Å². The van der Waals surface area contributed by atoms with Crippen LogP contribution in [0.5, 0.6) is 0 Å². The lowest BCUT2D eigenvalue weighted by atomic mass is 9.85. The average molecular weight is 356 g/mol. The molecule has 26 heavy (non-hydrogen) atoms. The van der Waals surface area contributed by atoms with Crippen molar-refractivity contribution in [2.75, 3.05) is 24.5 Å². The molecule has 2 aromatic heterocycles. The van der Waals surface area contributed by atoms with E-state index in [1.54, 1.807) is 0 Å². The molecule has 1 saturated carbocycles. The van der Waals surface area contributed by atoms with Crippen LogP contribution in [0.3, 0.4) is 0 Å². The third-order valence-corrected chi connectivity index (χ3v) is 5.67. The molecule has 140 valence electrons. The quantitative estimate of drug-likeness (QED) is 0.882. The van der Waals surface area contributed by atoms with Gasteiger partial charge < -0.3 is 14.7 Å². The fraction of sp³-hybridized carbons (Fsp3) is 0.684. The van der Waals surface area contributed by atoms with Crippen LogP contribution in [0.1, 0.15) is 56.2 Å². The van der Waals surface area contributed by atoms with Gasteiger partial charge in [-0.1, -0.05) is 5.16 Å². The second-order valence-electron chi connectivity index (χ2n) is 7.64. The summed E-state index contributed by atoms with van der Waals surface area (Å²) in [5, 5.41) is 7.73. The highest BCUT2D eigenvalue weighted by Crippen LogP contribution is 2.32. The molecule has 7 heteroatoms. The maximum Gasteiger partial charge on any atom is 0.229 e. The molecule has 7 nitrogen and oxygen atoms in total. The fourth-order valence-electron chi connectivity index (χ4n) is 4.22. The van der Waals surface area contributed by atoms with Crippen molar-refractivity contribution in [2.24, 2.45) is 5.92 Å². The van der Waals surface area contributed by atoms with E-state index in [0.29, 0.717) is 17.9 Å². The standard InChI is InChI=1S/C19H28N6O/c1-14-23-18(26-24-14)16-5-7-17(8-6-16)22-12-15-4-2-11-25(13-15)19-20-9-3-10-21-19/h3,9-10,15-17,22H,2,4-8,11-13H2,1H3/t15-,16?,17?/m0/s1. The molecule has 2 aromatic rings. The van der Waals surface area contributed by atoms with Gasteiger partial charge in [-0.2, -0.15) is 4.98 Å². The Morgan fingerprint density at radius 1 is 1.15 bits per heavy atom. The second-order valence-corrected chi connectivity index (χ2v) is 7.64. The summed E-state index contributed by atoms with van der Waals surface area (Å²) in [6, 6.07) is 2.48. The van der Waals surface area contributed by atoms with E-state index in [4.69, 9.17) is 4.52 Å². The first kappa shape index (κ1) is 17.4. The van der Waals surface area contributed by atoms with Gasteiger partial charge in [-0.3, -0.25) is 0 Å². The molecule has 4 rings (SSSR count). The monoisotopic (exact) mass is 356 g/mol. The summed E-state index contributed by atoms with van der Waals surface area (Å²) in [5.74, 6) is 3.54. The molecule has 0 unspecified atom stereocenters. The van der Waals surface area contributed by atoms with Gasteiger partial charge >= 0.3 is 0 Å². The Balaban J connectivity index is 1.22. The molecular weight excluding hydrogens is 328 g/mol. The van der Waals surface area contributed by atoms with Crippen LogP contribution in [0.25, 0.3) is 0 Å². The van der Waals surface area contributed by atoms with Crippen LogP contribution >= 0.6 is 0 Å². The van der Waals surface area contributed by atoms with E-state index in [0.717, 1.165) is 50.1 Å². The van der Waals surface area contributed by atoms with E-state index in [-0.39, 0.29) is 0 Å². The lowest BCUT2D eigenvalue weighted by Gasteiger charge is -2.34. The van der Waals surface area contributed by atoms with Crippen LogP contribution in [0, 0.1) is 12.8 Å². The predicted octanol–water partition coefficient (Wildman–Crippen LogP) is 2.70. The molecular formula is C19H28N6O. The van der Waals surface area contributed by atoms with Crippen molar-refractivity contribution in [2.45, 2.75) is 57.4 Å². The second kappa shape index (κ2) is 8.12. The average Bonchev–Trinajstić information content (AvgIpc) is 3.14. The number of hydrogen-bond acceptors (Lipinski definition) is 7. The number of rotatable bonds is 5. The normalized spacial score (nSPS) is 26.8. The van der Waals surface area contributed by atoms with E-state index >= 15 is 0 Å². The smallest absolute Gasteiger partial charge is 0.229 e. The van der Waals surface area contributed by atoms with Gasteiger partial charge in [-0.15, -0.1) is 0 Å². The first-order valence-electron chi connectivity index (χ1n) is 9.83. The molecule has 0 aromatic carbocycles. The minimum absolute atomic E-state index is 0.439. The summed E-state index contributed by atoms with van der Waals surface area (Å²) in [6.07, 6.45) is 10.8. The lowest BCUT2D eigenvalue weighted by Crippen LogP contribution is -2.43. The molecule has 0 amide bonds. The third kappa shape index (κ3) is 4.20. The zero-order valence-electron chi connectivity index (χ0n) is 15.5. The van der Waals surface area contributed by atoms with Crippen molar-refractivity contribution in [3.8, 4) is 0 Å². The van der Waals surface area contributed by atoms with Gasteiger partial charge in [0, 0.05) is 37.4 Å². The Morgan fingerprint density at radius 3 is 2.69 bits per heavy atom. The molecule has 2 fully saturated rings. The van der Waals surface area contributed by atoms with Crippen molar-refractivity contribution in [3.63, 3.8) is 0 Å². The van der Waals surface area contributed by atoms with E-state index in [1.807, 2.05) is 25.4 Å². The minimum atomic E-state index is 0.439. The van der Waals surface area contributed by atoms with Gasteiger partial charge in [0.05, 0.1) is 0 Å². The van der Waals surface area contributed by atoms with E-state index in [2.05, 4.69) is 30.3 Å². The van der Waals surface area contributed by atoms with Gasteiger partial charge in [-0.25, -0.2) is 9.97 Å². The Morgan fingerprint density at radius 2 is 1.96 bits per heavy atom. The molecule has 1 saturated heterocycles. The largest absolute Gasteiger partial charge is 0.341 e. The Kier molecular flexibility index (Phi) is 5.43. The summed E-state index contributed by atoms with van der Waals surface area (Å²) in [5.41, 5.74) is 0. The van der Waals surface area contributed by atoms with Crippen LogP contribution < -0.4 is 10.2 Å². The van der Waals surface area contributed by atoms with E-state index in [9.17, 15) is 0 Å². The Labute approximate surface area is 154 Å². The zero-order chi connectivity index (χ0) is 17.8. The Bertz CT molecular complexity index is 682. The van der Waals surface area contributed by atoms with Crippen LogP contribution in [0.4, 0.5) is 5.95 Å². The van der Waals surface area contributed by atoms with Crippen molar-refractivity contribution >= 4 is 5.95 Å². The summed E-state index contributed by atoms with van der Waals surface area (Å²) >= 11 is 0. The fourth-order valence-corrected chi connectivity index (χ4v) is 4.22. The van der Waals surface area contributed by atoms with Crippen molar-refractivity contribution in [1.29, 1.82) is 0 Å². The van der Waals surface area contributed by atoms with Gasteiger partial charge in [0.15, 0.2) is 5.82 Å². The van der Waals surface area contributed by atoms with Crippen LogP contribution in [-0.2, 0) is 0 Å². The van der Waals surface area contributed by atoms with Crippen LogP contribution in [0.15, 0.2) is 23.0 Å². The number of aromatic nitrogens is 4. The van der Waals surface area contributed by atoms with Crippen molar-refractivity contribution in [1.82, 2.24) is 25.4 Å². The lowest BCUT2D eigenvalue weighted by molar-refractivity contribution is 0.271. The predicted molar refractivity (Wildman–Crippen MR) is 99.0 cm³/mol. The molecule has 0 bridgehead atoms. The number of aryl methyl sites for hydroxylation is 1. The SMILES string of the molecule is Cc1noc(C2CCC(NC[C@@H]3CCCN(c4ncccn4)C3)CC2)n1. The summed E-state index contributed by atoms with van der Waals surface area (Å²) in [7, 11) is 0. The molecule has 3 heterocycles. The van der Waals surface area contributed by atoms with Crippen molar-refractivity contribution < 1.29 is 4.52 Å². The topological polar surface area (TPSA) is 80.0 Å². The Hall–Kier alpha value is -2.02. The number of anilines is 1. The third-order valence-electron chi connectivity index (χ3n) is 5.67. The molecule has 2 aliphatic rings. The van der Waals surface area contributed by atoms with E-state index < -0.39 is 0 Å². The van der Waals surface area contributed by atoms with Crippen LogP contribution in [0.2, 0.25) is 0 Å². The van der Waals surface area contributed by atoms with Crippen LogP contribution in [-0.4, -0.2) is 45.8 Å². The first-order valence-corrected chi connectivity index (χ1v) is 9.83. The van der Waals surface area contributed by atoms with Crippen molar-refractivity contribution in [3.05, 3.63) is 30.2 Å². The number of piperidine rings is 1. The summed E-state index contributed by atoms with van der Waals surface area (Å²) in [4.78, 5) is 15.5. The number of nitrogens with one attached hydrogen (secondary N) is 1.